The molecule has 0 aliphatic heterocycles. The second-order valence-electron chi connectivity index (χ2n) is 6.02. The molecule has 0 N–H and O–H groups in total. The summed E-state index contributed by atoms with van der Waals surface area (Å²) in [5.41, 5.74) is 2.33. The van der Waals surface area contributed by atoms with E-state index in [0.29, 0.717) is 18.8 Å². The minimum atomic E-state index is 0.626. The van der Waals surface area contributed by atoms with Gasteiger partial charge in [0.2, 0.25) is 0 Å². The van der Waals surface area contributed by atoms with Crippen LogP contribution >= 0.6 is 0 Å². The van der Waals surface area contributed by atoms with E-state index in [0.717, 1.165) is 48.4 Å². The molecule has 2 aromatic carbocycles. The van der Waals surface area contributed by atoms with Gasteiger partial charge in [0.05, 0.1) is 30.5 Å². The topological polar surface area (TPSA) is 54.6 Å². The molecule has 0 aliphatic carbocycles. The Morgan fingerprint density at radius 3 is 2.31 bits per heavy atom. The van der Waals surface area contributed by atoms with Crippen LogP contribution in [-0.4, -0.2) is 19.4 Å². The van der Waals surface area contributed by atoms with E-state index in [2.05, 4.69) is 24.9 Å². The molecule has 0 saturated heterocycles. The summed E-state index contributed by atoms with van der Waals surface area (Å²) in [4.78, 5) is 4.49. The van der Waals surface area contributed by atoms with Crippen molar-refractivity contribution in [3.05, 3.63) is 53.6 Å². The number of aliphatic imine (C=N–C) groups is 1. The van der Waals surface area contributed by atoms with Crippen LogP contribution < -0.4 is 9.47 Å². The van der Waals surface area contributed by atoms with Gasteiger partial charge in [0.1, 0.15) is 11.5 Å². The summed E-state index contributed by atoms with van der Waals surface area (Å²) in [6, 6.07) is 15.1. The molecule has 0 saturated carbocycles. The monoisotopic (exact) mass is 350 g/mol. The van der Waals surface area contributed by atoms with Crippen LogP contribution in [0, 0.1) is 11.3 Å². The van der Waals surface area contributed by atoms with Gasteiger partial charge in [-0.3, -0.25) is 4.99 Å². The molecule has 0 radical (unpaired) electrons. The average Bonchev–Trinajstić information content (AvgIpc) is 2.68. The Balaban J connectivity index is 2.15. The molecule has 0 aromatic heterocycles. The van der Waals surface area contributed by atoms with E-state index in [1.54, 1.807) is 18.3 Å². The first-order chi connectivity index (χ1) is 12.8. The molecule has 4 nitrogen and oxygen atoms in total. The third kappa shape index (κ3) is 6.25. The lowest BCUT2D eigenvalue weighted by atomic mass is 10.2. The van der Waals surface area contributed by atoms with Crippen molar-refractivity contribution in [2.24, 2.45) is 4.99 Å². The van der Waals surface area contributed by atoms with Gasteiger partial charge in [-0.2, -0.15) is 5.26 Å². The van der Waals surface area contributed by atoms with Crippen molar-refractivity contribution in [3.8, 4) is 17.6 Å². The number of nitriles is 1. The van der Waals surface area contributed by atoms with Crippen molar-refractivity contribution in [3.63, 3.8) is 0 Å². The van der Waals surface area contributed by atoms with Gasteiger partial charge in [0.25, 0.3) is 0 Å². The van der Waals surface area contributed by atoms with Gasteiger partial charge >= 0.3 is 0 Å². The minimum absolute atomic E-state index is 0.626. The Hall–Kier alpha value is -2.80. The maximum absolute atomic E-state index is 8.86. The lowest BCUT2D eigenvalue weighted by Gasteiger charge is -2.12. The largest absolute Gasteiger partial charge is 0.493 e. The fourth-order valence-electron chi connectivity index (χ4n) is 2.26. The lowest BCUT2D eigenvalue weighted by Crippen LogP contribution is -2.02. The van der Waals surface area contributed by atoms with E-state index >= 15 is 0 Å². The first-order valence-corrected chi connectivity index (χ1v) is 9.20. The Kier molecular flexibility index (Phi) is 8.21. The van der Waals surface area contributed by atoms with Crippen molar-refractivity contribution >= 4 is 11.9 Å². The average molecular weight is 350 g/mol. The van der Waals surface area contributed by atoms with Crippen molar-refractivity contribution in [1.29, 1.82) is 5.26 Å². The molecule has 0 atom stereocenters. The fourth-order valence-corrected chi connectivity index (χ4v) is 2.26. The van der Waals surface area contributed by atoms with Crippen LogP contribution in [-0.2, 0) is 0 Å². The summed E-state index contributed by atoms with van der Waals surface area (Å²) < 4.78 is 11.7. The van der Waals surface area contributed by atoms with Gasteiger partial charge in [-0.15, -0.1) is 0 Å². The number of hydrogen-bond acceptors (Lipinski definition) is 4. The van der Waals surface area contributed by atoms with E-state index in [9.17, 15) is 0 Å². The van der Waals surface area contributed by atoms with Gasteiger partial charge in [-0.25, -0.2) is 0 Å². The highest BCUT2D eigenvalue weighted by atomic mass is 16.5. The maximum Gasteiger partial charge on any atom is 0.131 e. The summed E-state index contributed by atoms with van der Waals surface area (Å²) in [7, 11) is 0. The van der Waals surface area contributed by atoms with Crippen LogP contribution in [0.25, 0.3) is 0 Å². The second kappa shape index (κ2) is 10.9. The van der Waals surface area contributed by atoms with Gasteiger partial charge in [0.15, 0.2) is 0 Å². The summed E-state index contributed by atoms with van der Waals surface area (Å²) in [6.07, 6.45) is 6.02. The molecule has 4 heteroatoms. The van der Waals surface area contributed by atoms with Crippen molar-refractivity contribution in [2.45, 2.75) is 39.5 Å². The molecule has 26 heavy (non-hydrogen) atoms. The smallest absolute Gasteiger partial charge is 0.131 e. The molecule has 0 aliphatic rings. The zero-order chi connectivity index (χ0) is 18.6. The quantitative estimate of drug-likeness (QED) is 0.410. The number of unbranched alkanes of at least 4 members (excludes halogenated alkanes) is 2. The molecule has 136 valence electrons. The van der Waals surface area contributed by atoms with Crippen LogP contribution in [0.3, 0.4) is 0 Å². The maximum atomic E-state index is 8.86. The van der Waals surface area contributed by atoms with Crippen LogP contribution in [0.2, 0.25) is 0 Å². The molecule has 0 fully saturated rings. The molecule has 0 unspecified atom stereocenters. The highest BCUT2D eigenvalue weighted by Gasteiger charge is 2.05. The number of hydrogen-bond donors (Lipinski definition) is 0. The third-order valence-corrected chi connectivity index (χ3v) is 3.86. The predicted octanol–water partition coefficient (Wildman–Crippen LogP) is 5.67. The van der Waals surface area contributed by atoms with E-state index in [1.807, 2.05) is 30.3 Å². The number of nitrogens with zero attached hydrogens (tertiary/aromatic N) is 2. The first kappa shape index (κ1) is 19.5. The molecule has 0 heterocycles. The molecule has 2 rings (SSSR count). The zero-order valence-corrected chi connectivity index (χ0v) is 15.6. The van der Waals surface area contributed by atoms with Gasteiger partial charge in [-0.05, 0) is 49.2 Å². The lowest BCUT2D eigenvalue weighted by molar-refractivity contribution is 0.294. The molecule has 2 aromatic rings. The van der Waals surface area contributed by atoms with E-state index in [-0.39, 0.29) is 0 Å². The fraction of sp³-hybridized carbons (Fsp3) is 0.364. The molecular weight excluding hydrogens is 324 g/mol. The molecular formula is C22H26N2O2. The van der Waals surface area contributed by atoms with Crippen LogP contribution in [0.4, 0.5) is 5.69 Å². The highest BCUT2D eigenvalue weighted by molar-refractivity contribution is 5.85. The van der Waals surface area contributed by atoms with Gasteiger partial charge < -0.3 is 9.47 Å². The van der Waals surface area contributed by atoms with Crippen molar-refractivity contribution in [2.75, 3.05) is 13.2 Å². The summed E-state index contributed by atoms with van der Waals surface area (Å²) in [6.45, 7) is 5.67. The SMILES string of the molecule is CCCCOc1ccc(/C=N/c2ccc(C#N)cc2)c(OCCCC)c1. The Morgan fingerprint density at radius 1 is 0.962 bits per heavy atom. The van der Waals surface area contributed by atoms with Crippen molar-refractivity contribution < 1.29 is 9.47 Å². The minimum Gasteiger partial charge on any atom is -0.493 e. The normalized spacial score (nSPS) is 10.7. The molecule has 0 spiro atoms. The van der Waals surface area contributed by atoms with E-state index in [4.69, 9.17) is 14.7 Å². The van der Waals surface area contributed by atoms with Crippen LogP contribution in [0.1, 0.15) is 50.7 Å². The third-order valence-electron chi connectivity index (χ3n) is 3.86. The van der Waals surface area contributed by atoms with Crippen LogP contribution in [0.15, 0.2) is 47.5 Å². The first-order valence-electron chi connectivity index (χ1n) is 9.20. The summed E-state index contributed by atoms with van der Waals surface area (Å²) in [5.74, 6) is 1.60. The zero-order valence-electron chi connectivity index (χ0n) is 15.6. The Labute approximate surface area is 156 Å². The Bertz CT molecular complexity index is 746. The van der Waals surface area contributed by atoms with Crippen molar-refractivity contribution in [1.82, 2.24) is 0 Å². The highest BCUT2D eigenvalue weighted by Crippen LogP contribution is 2.25. The predicted molar refractivity (Wildman–Crippen MR) is 106 cm³/mol. The molecule has 0 amide bonds. The van der Waals surface area contributed by atoms with Crippen LogP contribution in [0.5, 0.6) is 11.5 Å². The molecule has 0 bridgehead atoms. The van der Waals surface area contributed by atoms with E-state index < -0.39 is 0 Å². The number of rotatable bonds is 10. The summed E-state index contributed by atoms with van der Waals surface area (Å²) in [5, 5.41) is 8.86. The standard InChI is InChI=1S/C22H26N2O2/c1-3-5-13-25-21-12-9-19(22(15-21)26-14-6-4-2)17-24-20-10-7-18(16-23)8-11-20/h7-12,15,17H,3-6,13-14H2,1-2H3/b24-17+. The van der Waals surface area contributed by atoms with Gasteiger partial charge in [-0.1, -0.05) is 26.7 Å². The van der Waals surface area contributed by atoms with Gasteiger partial charge in [0, 0.05) is 17.8 Å². The number of ether oxygens (including phenoxy) is 2. The summed E-state index contributed by atoms with van der Waals surface area (Å²) >= 11 is 0. The number of benzene rings is 2. The van der Waals surface area contributed by atoms with E-state index in [1.165, 1.54) is 0 Å². The Morgan fingerprint density at radius 2 is 1.65 bits per heavy atom. The second-order valence-corrected chi connectivity index (χ2v) is 6.02.